The predicted molar refractivity (Wildman–Crippen MR) is 164 cm³/mol. The highest BCUT2D eigenvalue weighted by Gasteiger charge is 2.47. The number of alkyl halides is 1. The molecule has 6 rings (SSSR count). The number of fused-ring (bicyclic) bond motifs is 1. The van der Waals surface area contributed by atoms with Gasteiger partial charge in [0.1, 0.15) is 24.9 Å². The number of nitrogens with zero attached hydrogens (tertiary/aromatic N) is 1. The van der Waals surface area contributed by atoms with Crippen LogP contribution in [0, 0.1) is 23.7 Å². The fraction of sp³-hybridized carbons (Fsp3) is 0.676. The number of hydrogen-bond donors (Lipinski definition) is 2. The fourth-order valence-corrected chi connectivity index (χ4v) is 8.06. The molecule has 2 amide bonds. The molecule has 240 valence electrons. The van der Waals surface area contributed by atoms with Gasteiger partial charge in [0, 0.05) is 36.2 Å². The highest BCUT2D eigenvalue weighted by Crippen LogP contribution is 2.41. The van der Waals surface area contributed by atoms with Gasteiger partial charge in [-0.1, -0.05) is 32.1 Å². The van der Waals surface area contributed by atoms with Crippen LogP contribution in [-0.4, -0.2) is 67.3 Å². The molecule has 3 heterocycles. The van der Waals surface area contributed by atoms with Gasteiger partial charge in [0.25, 0.3) is 0 Å². The minimum Gasteiger partial charge on any atom is -0.457 e. The third kappa shape index (κ3) is 6.81. The predicted octanol–water partition coefficient (Wildman–Crippen LogP) is 5.61. The molecule has 4 fully saturated rings. The summed E-state index contributed by atoms with van der Waals surface area (Å²) in [5.41, 5.74) is 7.07. The molecule has 0 spiro atoms. The fourth-order valence-electron chi connectivity index (χ4n) is 8.06. The third-order valence-electron chi connectivity index (χ3n) is 10.6. The number of nitrogens with one attached hydrogen (secondary N) is 1. The van der Waals surface area contributed by atoms with Gasteiger partial charge in [0.15, 0.2) is 0 Å². The highest BCUT2D eigenvalue weighted by molar-refractivity contribution is 6.00. The van der Waals surface area contributed by atoms with E-state index in [1.54, 1.807) is 24.3 Å². The van der Waals surface area contributed by atoms with E-state index in [2.05, 4.69) is 5.32 Å². The van der Waals surface area contributed by atoms with E-state index < -0.39 is 24.7 Å². The van der Waals surface area contributed by atoms with E-state index in [-0.39, 0.29) is 48.0 Å². The lowest BCUT2D eigenvalue weighted by atomic mass is 9.76. The standard InChI is InChI=1S/C34H46FN3O6/c35-19-28(36)22-8-10-23(11-9-22)33(40)38-15-14-27(21-5-2-1-3-6-21)31(38)32(39)37-25-12-13-29-24(17-25)18-30(44-29)34(41)43-20-26-7-4-16-42-26/h12-13,17-18,21-23,26-28,31H,1-11,14-16,19-20,36H2,(H,37,39)/t22-,23-,26-,27+,28-,31+/m1/s1. The Morgan fingerprint density at radius 1 is 1.00 bits per heavy atom. The van der Waals surface area contributed by atoms with Gasteiger partial charge in [-0.05, 0) is 87.0 Å². The zero-order chi connectivity index (χ0) is 30.6. The number of esters is 1. The summed E-state index contributed by atoms with van der Waals surface area (Å²) in [7, 11) is 0. The monoisotopic (exact) mass is 611 g/mol. The van der Waals surface area contributed by atoms with Crippen molar-refractivity contribution in [3.8, 4) is 0 Å². The molecule has 2 saturated carbocycles. The van der Waals surface area contributed by atoms with Crippen LogP contribution in [0.3, 0.4) is 0 Å². The summed E-state index contributed by atoms with van der Waals surface area (Å²) < 4.78 is 29.8. The number of amides is 2. The number of rotatable bonds is 9. The van der Waals surface area contributed by atoms with Crippen LogP contribution in [0.5, 0.6) is 0 Å². The summed E-state index contributed by atoms with van der Waals surface area (Å²) in [6.45, 7) is 0.933. The number of carbonyl (C=O) groups excluding carboxylic acids is 3. The Bertz CT molecular complexity index is 1310. The molecule has 2 aromatic rings. The average molecular weight is 612 g/mol. The second-order valence-corrected chi connectivity index (χ2v) is 13.3. The number of halogens is 1. The van der Waals surface area contributed by atoms with Gasteiger partial charge in [-0.2, -0.15) is 0 Å². The van der Waals surface area contributed by atoms with E-state index in [9.17, 15) is 18.8 Å². The normalized spacial score (nSPS) is 28.7. The summed E-state index contributed by atoms with van der Waals surface area (Å²) in [5.74, 6) is -0.0521. The first-order valence-electron chi connectivity index (χ1n) is 16.7. The van der Waals surface area contributed by atoms with Crippen molar-refractivity contribution in [2.24, 2.45) is 29.4 Å². The summed E-state index contributed by atoms with van der Waals surface area (Å²) in [6, 6.07) is 5.92. The highest BCUT2D eigenvalue weighted by atomic mass is 19.1. The van der Waals surface area contributed by atoms with Crippen molar-refractivity contribution >= 4 is 34.4 Å². The molecule has 3 N–H and O–H groups in total. The number of carbonyl (C=O) groups is 3. The van der Waals surface area contributed by atoms with Crippen molar-refractivity contribution in [1.82, 2.24) is 4.90 Å². The number of ether oxygens (including phenoxy) is 2. The summed E-state index contributed by atoms with van der Waals surface area (Å²) in [4.78, 5) is 42.4. The Labute approximate surface area is 258 Å². The molecule has 0 unspecified atom stereocenters. The van der Waals surface area contributed by atoms with Gasteiger partial charge in [-0.25, -0.2) is 9.18 Å². The molecule has 9 nitrogen and oxygen atoms in total. The molecule has 2 aliphatic heterocycles. The van der Waals surface area contributed by atoms with E-state index in [1.165, 1.54) is 6.42 Å². The maximum absolute atomic E-state index is 14.0. The van der Waals surface area contributed by atoms with Crippen LogP contribution in [0.25, 0.3) is 11.0 Å². The zero-order valence-corrected chi connectivity index (χ0v) is 25.5. The van der Waals surface area contributed by atoms with E-state index >= 15 is 0 Å². The molecule has 0 radical (unpaired) electrons. The molecule has 1 aromatic carbocycles. The third-order valence-corrected chi connectivity index (χ3v) is 10.6. The van der Waals surface area contributed by atoms with Crippen LogP contribution in [0.15, 0.2) is 28.7 Å². The molecule has 0 bridgehead atoms. The van der Waals surface area contributed by atoms with Crippen molar-refractivity contribution in [1.29, 1.82) is 0 Å². The van der Waals surface area contributed by atoms with E-state index in [4.69, 9.17) is 19.6 Å². The largest absolute Gasteiger partial charge is 0.457 e. The van der Waals surface area contributed by atoms with Gasteiger partial charge in [-0.3, -0.25) is 9.59 Å². The van der Waals surface area contributed by atoms with Crippen LogP contribution in [-0.2, 0) is 19.1 Å². The second-order valence-electron chi connectivity index (χ2n) is 13.3. The number of benzene rings is 1. The van der Waals surface area contributed by atoms with Gasteiger partial charge in [0.2, 0.25) is 17.6 Å². The quantitative estimate of drug-likeness (QED) is 0.354. The second kappa shape index (κ2) is 14.0. The Kier molecular flexibility index (Phi) is 9.86. The summed E-state index contributed by atoms with van der Waals surface area (Å²) in [5, 5.41) is 3.78. The average Bonchev–Trinajstić information content (AvgIpc) is 3.83. The van der Waals surface area contributed by atoms with Gasteiger partial charge in [0.05, 0.1) is 6.10 Å². The van der Waals surface area contributed by atoms with Crippen LogP contribution in [0.2, 0.25) is 0 Å². The van der Waals surface area contributed by atoms with Crippen molar-refractivity contribution in [2.75, 3.05) is 31.7 Å². The van der Waals surface area contributed by atoms with E-state index in [0.29, 0.717) is 48.6 Å². The van der Waals surface area contributed by atoms with Crippen molar-refractivity contribution in [2.45, 2.75) is 95.2 Å². The number of likely N-dealkylation sites (tertiary alicyclic amines) is 1. The minimum atomic E-state index is -0.543. The van der Waals surface area contributed by atoms with Crippen LogP contribution in [0.4, 0.5) is 10.1 Å². The number of hydrogen-bond acceptors (Lipinski definition) is 7. The molecule has 4 aliphatic rings. The summed E-state index contributed by atoms with van der Waals surface area (Å²) >= 11 is 0. The van der Waals surface area contributed by atoms with Crippen molar-refractivity contribution < 1.29 is 32.7 Å². The lowest BCUT2D eigenvalue weighted by Crippen LogP contribution is -2.50. The Balaban J connectivity index is 1.15. The smallest absolute Gasteiger partial charge is 0.374 e. The van der Waals surface area contributed by atoms with Crippen molar-refractivity contribution in [3.05, 3.63) is 30.0 Å². The summed E-state index contributed by atoms with van der Waals surface area (Å²) in [6.07, 6.45) is 11.2. The number of nitrogens with two attached hydrogens (primary N) is 1. The molecular weight excluding hydrogens is 565 g/mol. The molecule has 44 heavy (non-hydrogen) atoms. The van der Waals surface area contributed by atoms with E-state index in [0.717, 1.165) is 57.8 Å². The molecule has 10 heteroatoms. The van der Waals surface area contributed by atoms with E-state index in [1.807, 2.05) is 4.90 Å². The molecule has 1 aromatic heterocycles. The first kappa shape index (κ1) is 31.0. The maximum atomic E-state index is 14.0. The SMILES string of the molecule is N[C@H](CF)[C@H]1CC[C@H](C(=O)N2CC[C@@H](C3CCCCC3)[C@H]2C(=O)Nc2ccc3oc(C(=O)OC[C@H]4CCCO4)cc3c2)CC1. The van der Waals surface area contributed by atoms with Crippen molar-refractivity contribution in [3.63, 3.8) is 0 Å². The maximum Gasteiger partial charge on any atom is 0.374 e. The van der Waals surface area contributed by atoms with Crippen LogP contribution >= 0.6 is 0 Å². The molecule has 2 aliphatic carbocycles. The van der Waals surface area contributed by atoms with Crippen LogP contribution in [0.1, 0.15) is 87.6 Å². The Hall–Kier alpha value is -2.98. The van der Waals surface area contributed by atoms with Gasteiger partial charge >= 0.3 is 5.97 Å². The zero-order valence-electron chi connectivity index (χ0n) is 25.5. The minimum absolute atomic E-state index is 0.0483. The first-order chi connectivity index (χ1) is 21.4. The molecule has 4 atom stereocenters. The lowest BCUT2D eigenvalue weighted by Gasteiger charge is -2.36. The van der Waals surface area contributed by atoms with Gasteiger partial charge in [-0.15, -0.1) is 0 Å². The lowest BCUT2D eigenvalue weighted by molar-refractivity contribution is -0.142. The number of furan rings is 1. The van der Waals surface area contributed by atoms with Crippen LogP contribution < -0.4 is 11.1 Å². The molecular formula is C34H46FN3O6. The van der Waals surface area contributed by atoms with Gasteiger partial charge < -0.3 is 29.8 Å². The molecule has 2 saturated heterocycles. The number of anilines is 1. The Morgan fingerprint density at radius 3 is 2.52 bits per heavy atom. The topological polar surface area (TPSA) is 124 Å². The first-order valence-corrected chi connectivity index (χ1v) is 16.7. The Morgan fingerprint density at radius 2 is 1.80 bits per heavy atom.